The Morgan fingerprint density at radius 2 is 1.72 bits per heavy atom. The third kappa shape index (κ3) is 3.29. The highest BCUT2D eigenvalue weighted by molar-refractivity contribution is 7.89. The molecule has 1 saturated heterocycles. The predicted octanol–water partition coefficient (Wildman–Crippen LogP) is 1.53. The lowest BCUT2D eigenvalue weighted by atomic mass is 10.2. The van der Waals surface area contributed by atoms with Crippen molar-refractivity contribution in [2.75, 3.05) is 26.2 Å². The lowest BCUT2D eigenvalue weighted by molar-refractivity contribution is 0.0697. The number of aryl methyl sites for hydroxylation is 2. The molecule has 9 heteroatoms. The molecule has 0 spiro atoms. The van der Waals surface area contributed by atoms with E-state index in [1.165, 1.54) is 8.99 Å². The molecule has 134 valence electrons. The molecule has 1 fully saturated rings. The van der Waals surface area contributed by atoms with Crippen molar-refractivity contribution in [3.05, 3.63) is 46.7 Å². The number of halogens is 1. The first-order valence-electron chi connectivity index (χ1n) is 7.86. The van der Waals surface area contributed by atoms with Crippen LogP contribution in [0.3, 0.4) is 0 Å². The molecule has 0 saturated carbocycles. The Bertz CT molecular complexity index is 888. The Morgan fingerprint density at radius 3 is 2.24 bits per heavy atom. The van der Waals surface area contributed by atoms with Crippen LogP contribution >= 0.6 is 11.6 Å². The molecule has 1 aromatic carbocycles. The molecule has 3 rings (SSSR count). The summed E-state index contributed by atoms with van der Waals surface area (Å²) in [4.78, 5) is 14.6. The third-order valence-corrected chi connectivity index (χ3v) is 6.62. The molecule has 1 aromatic heterocycles. The molecule has 0 atom stereocenters. The number of hydrogen-bond donors (Lipinski definition) is 0. The van der Waals surface area contributed by atoms with E-state index in [1.54, 1.807) is 49.2 Å². The summed E-state index contributed by atoms with van der Waals surface area (Å²) in [5, 5.41) is 4.44. The number of carbonyl (C=O) groups excluding carboxylic acids is 1. The Morgan fingerprint density at radius 1 is 1.12 bits per heavy atom. The minimum atomic E-state index is -3.54. The molecular formula is C16H19ClN4O3S. The minimum Gasteiger partial charge on any atom is -0.336 e. The fourth-order valence-electron chi connectivity index (χ4n) is 2.90. The summed E-state index contributed by atoms with van der Waals surface area (Å²) in [5.74, 6) is -0.215. The minimum absolute atomic E-state index is 0.215. The van der Waals surface area contributed by atoms with E-state index in [0.717, 1.165) is 0 Å². The summed E-state index contributed by atoms with van der Waals surface area (Å²) in [6.45, 7) is 2.86. The van der Waals surface area contributed by atoms with Crippen LogP contribution in [0.4, 0.5) is 0 Å². The number of sulfonamides is 1. The number of benzene rings is 1. The highest BCUT2D eigenvalue weighted by Crippen LogP contribution is 2.23. The monoisotopic (exact) mass is 382 g/mol. The van der Waals surface area contributed by atoms with E-state index in [1.807, 2.05) is 0 Å². The van der Waals surface area contributed by atoms with Gasteiger partial charge in [0.05, 0.1) is 16.2 Å². The summed E-state index contributed by atoms with van der Waals surface area (Å²) in [6, 6.07) is 8.31. The summed E-state index contributed by atoms with van der Waals surface area (Å²) >= 11 is 6.16. The standard InChI is InChI=1S/C16H19ClN4O3S/c1-12-14(15(17)19(2)18-12)16(22)20-8-10-21(11-9-20)25(23,24)13-6-4-3-5-7-13/h3-7H,8-11H2,1-2H3. The van der Waals surface area contributed by atoms with Crippen molar-refractivity contribution in [3.63, 3.8) is 0 Å². The smallest absolute Gasteiger partial charge is 0.258 e. The number of aromatic nitrogens is 2. The van der Waals surface area contributed by atoms with Crippen molar-refractivity contribution in [3.8, 4) is 0 Å². The largest absolute Gasteiger partial charge is 0.336 e. The molecule has 1 aliphatic heterocycles. The van der Waals surface area contributed by atoms with Crippen molar-refractivity contribution < 1.29 is 13.2 Å². The molecule has 0 N–H and O–H groups in total. The average molecular weight is 383 g/mol. The maximum absolute atomic E-state index is 12.7. The van der Waals surface area contributed by atoms with Crippen LogP contribution in [0.15, 0.2) is 35.2 Å². The van der Waals surface area contributed by atoms with Crippen molar-refractivity contribution in [1.82, 2.24) is 19.0 Å². The number of hydrogen-bond acceptors (Lipinski definition) is 4. The molecule has 7 nitrogen and oxygen atoms in total. The lowest BCUT2D eigenvalue weighted by Crippen LogP contribution is -2.50. The number of rotatable bonds is 3. The van der Waals surface area contributed by atoms with E-state index in [2.05, 4.69) is 5.10 Å². The first-order valence-corrected chi connectivity index (χ1v) is 9.67. The van der Waals surface area contributed by atoms with Crippen LogP contribution < -0.4 is 0 Å². The molecule has 0 unspecified atom stereocenters. The predicted molar refractivity (Wildman–Crippen MR) is 94.1 cm³/mol. The van der Waals surface area contributed by atoms with Crippen LogP contribution in [-0.4, -0.2) is 59.5 Å². The van der Waals surface area contributed by atoms with Crippen molar-refractivity contribution in [2.24, 2.45) is 7.05 Å². The molecule has 0 radical (unpaired) electrons. The molecule has 1 aliphatic rings. The topological polar surface area (TPSA) is 75.5 Å². The number of nitrogens with zero attached hydrogens (tertiary/aromatic N) is 4. The van der Waals surface area contributed by atoms with Crippen LogP contribution in [0.2, 0.25) is 5.15 Å². The third-order valence-electron chi connectivity index (χ3n) is 4.27. The Balaban J connectivity index is 1.73. The van der Waals surface area contributed by atoms with Gasteiger partial charge in [0.2, 0.25) is 10.0 Å². The van der Waals surface area contributed by atoms with Gasteiger partial charge in [0.15, 0.2) is 0 Å². The summed E-state index contributed by atoms with van der Waals surface area (Å²) in [7, 11) is -1.86. The van der Waals surface area contributed by atoms with Gasteiger partial charge in [-0.05, 0) is 19.1 Å². The maximum atomic E-state index is 12.7. The van der Waals surface area contributed by atoms with Crippen LogP contribution in [0, 0.1) is 6.92 Å². The fraction of sp³-hybridized carbons (Fsp3) is 0.375. The second-order valence-corrected chi connectivity index (χ2v) is 8.18. The van der Waals surface area contributed by atoms with Crippen molar-refractivity contribution in [2.45, 2.75) is 11.8 Å². The molecule has 2 heterocycles. The lowest BCUT2D eigenvalue weighted by Gasteiger charge is -2.34. The molecule has 25 heavy (non-hydrogen) atoms. The maximum Gasteiger partial charge on any atom is 0.258 e. The zero-order chi connectivity index (χ0) is 18.2. The van der Waals surface area contributed by atoms with Gasteiger partial charge in [-0.2, -0.15) is 9.40 Å². The zero-order valence-corrected chi connectivity index (χ0v) is 15.6. The summed E-state index contributed by atoms with van der Waals surface area (Å²) in [6.07, 6.45) is 0. The SMILES string of the molecule is Cc1nn(C)c(Cl)c1C(=O)N1CCN(S(=O)(=O)c2ccccc2)CC1. The Kier molecular flexibility index (Phi) is 4.86. The average Bonchev–Trinajstić information content (AvgIpc) is 2.87. The molecular weight excluding hydrogens is 364 g/mol. The van der Waals surface area contributed by atoms with E-state index in [4.69, 9.17) is 11.6 Å². The molecule has 1 amide bonds. The van der Waals surface area contributed by atoms with E-state index in [0.29, 0.717) is 29.5 Å². The van der Waals surface area contributed by atoms with E-state index in [-0.39, 0.29) is 23.9 Å². The number of carbonyl (C=O) groups is 1. The van der Waals surface area contributed by atoms with E-state index >= 15 is 0 Å². The Labute approximate surface area is 151 Å². The summed E-state index contributed by atoms with van der Waals surface area (Å²) in [5.41, 5.74) is 0.945. The van der Waals surface area contributed by atoms with Crippen molar-refractivity contribution >= 4 is 27.5 Å². The van der Waals surface area contributed by atoms with Crippen LogP contribution in [0.25, 0.3) is 0 Å². The van der Waals surface area contributed by atoms with E-state index in [9.17, 15) is 13.2 Å². The van der Waals surface area contributed by atoms with Crippen LogP contribution in [0.1, 0.15) is 16.1 Å². The van der Waals surface area contributed by atoms with E-state index < -0.39 is 10.0 Å². The van der Waals surface area contributed by atoms with Gasteiger partial charge in [0.1, 0.15) is 5.15 Å². The van der Waals surface area contributed by atoms with Crippen LogP contribution in [0.5, 0.6) is 0 Å². The summed E-state index contributed by atoms with van der Waals surface area (Å²) < 4.78 is 28.1. The van der Waals surface area contributed by atoms with Gasteiger partial charge in [-0.1, -0.05) is 29.8 Å². The first kappa shape index (κ1) is 17.9. The van der Waals surface area contributed by atoms with Crippen LogP contribution in [-0.2, 0) is 17.1 Å². The van der Waals surface area contributed by atoms with Gasteiger partial charge < -0.3 is 4.90 Å². The van der Waals surface area contributed by atoms with Gasteiger partial charge >= 0.3 is 0 Å². The first-order chi connectivity index (χ1) is 11.8. The highest BCUT2D eigenvalue weighted by Gasteiger charge is 2.32. The van der Waals surface area contributed by atoms with Gasteiger partial charge in [0, 0.05) is 33.2 Å². The van der Waals surface area contributed by atoms with Gasteiger partial charge in [0.25, 0.3) is 5.91 Å². The second kappa shape index (κ2) is 6.78. The normalized spacial score (nSPS) is 16.2. The Hall–Kier alpha value is -1.90. The zero-order valence-electron chi connectivity index (χ0n) is 14.0. The van der Waals surface area contributed by atoms with Crippen molar-refractivity contribution in [1.29, 1.82) is 0 Å². The fourth-order valence-corrected chi connectivity index (χ4v) is 4.60. The van der Waals surface area contributed by atoms with Gasteiger partial charge in [-0.3, -0.25) is 9.48 Å². The van der Waals surface area contributed by atoms with Gasteiger partial charge in [-0.25, -0.2) is 8.42 Å². The number of piperazine rings is 1. The highest BCUT2D eigenvalue weighted by atomic mass is 35.5. The molecule has 0 bridgehead atoms. The molecule has 2 aromatic rings. The quantitative estimate of drug-likeness (QED) is 0.806. The molecule has 0 aliphatic carbocycles. The number of amides is 1. The van der Waals surface area contributed by atoms with Gasteiger partial charge in [-0.15, -0.1) is 0 Å². The second-order valence-electron chi connectivity index (χ2n) is 5.88.